The number of nitrogens with zero attached hydrogens (tertiary/aromatic N) is 2. The summed E-state index contributed by atoms with van der Waals surface area (Å²) in [6, 6.07) is 0. The quantitative estimate of drug-likeness (QED) is 0.907. The molecule has 1 heterocycles. The summed E-state index contributed by atoms with van der Waals surface area (Å²) < 4.78 is 2.37. The number of nitrogens with two attached hydrogens (primary N) is 1. The maximum atomic E-state index is 5.71. The molecule has 4 saturated carbocycles. The molecule has 0 spiro atoms. The van der Waals surface area contributed by atoms with Gasteiger partial charge in [-0.15, -0.1) is 0 Å². The van der Waals surface area contributed by atoms with Crippen LogP contribution in [-0.4, -0.2) is 9.55 Å². The van der Waals surface area contributed by atoms with Gasteiger partial charge in [-0.25, -0.2) is 4.98 Å². The predicted molar refractivity (Wildman–Crippen MR) is 75.4 cm³/mol. The Bertz CT molecular complexity index is 448. The Labute approximate surface area is 115 Å². The summed E-state index contributed by atoms with van der Waals surface area (Å²) >= 11 is 0. The largest absolute Gasteiger partial charge is 0.335 e. The van der Waals surface area contributed by atoms with Crippen LogP contribution in [0.2, 0.25) is 0 Å². The molecule has 4 fully saturated rings. The molecule has 0 unspecified atom stereocenters. The van der Waals surface area contributed by atoms with Crippen molar-refractivity contribution < 1.29 is 0 Å². The van der Waals surface area contributed by atoms with E-state index in [0.29, 0.717) is 6.54 Å². The summed E-state index contributed by atoms with van der Waals surface area (Å²) in [4.78, 5) is 4.55. The Morgan fingerprint density at radius 1 is 1.16 bits per heavy atom. The van der Waals surface area contributed by atoms with E-state index in [1.165, 1.54) is 32.2 Å². The highest BCUT2D eigenvalue weighted by Gasteiger charge is 2.48. The number of hydrogen-bond donors (Lipinski definition) is 1. The first-order valence-corrected chi connectivity index (χ1v) is 7.95. The molecule has 0 amide bonds. The van der Waals surface area contributed by atoms with Crippen LogP contribution in [0.5, 0.6) is 0 Å². The van der Waals surface area contributed by atoms with Gasteiger partial charge < -0.3 is 10.3 Å². The SMILES string of the molecule is Cc1nc(CN)cn1CC1C2CC3CC(C2)CC1C3. The highest BCUT2D eigenvalue weighted by molar-refractivity contribution is 5.04. The molecule has 0 atom stereocenters. The first-order chi connectivity index (χ1) is 9.22. The minimum absolute atomic E-state index is 0.565. The van der Waals surface area contributed by atoms with Crippen molar-refractivity contribution in [3.05, 3.63) is 17.7 Å². The first-order valence-electron chi connectivity index (χ1n) is 7.95. The molecule has 19 heavy (non-hydrogen) atoms. The van der Waals surface area contributed by atoms with E-state index in [4.69, 9.17) is 5.73 Å². The first kappa shape index (κ1) is 12.0. The van der Waals surface area contributed by atoms with E-state index in [1.54, 1.807) is 6.42 Å². The van der Waals surface area contributed by atoms with Crippen LogP contribution in [-0.2, 0) is 13.1 Å². The van der Waals surface area contributed by atoms with Crippen molar-refractivity contribution in [3.63, 3.8) is 0 Å². The number of aryl methyl sites for hydroxylation is 1. The summed E-state index contributed by atoms with van der Waals surface area (Å²) in [5.41, 5.74) is 6.75. The molecule has 0 aliphatic heterocycles. The van der Waals surface area contributed by atoms with Gasteiger partial charge >= 0.3 is 0 Å². The normalized spacial score (nSPS) is 40.0. The molecule has 0 saturated heterocycles. The van der Waals surface area contributed by atoms with E-state index < -0.39 is 0 Å². The second-order valence-electron chi connectivity index (χ2n) is 7.23. The fourth-order valence-electron chi connectivity index (χ4n) is 5.42. The zero-order valence-electron chi connectivity index (χ0n) is 11.9. The van der Waals surface area contributed by atoms with Crippen molar-refractivity contribution in [1.29, 1.82) is 0 Å². The zero-order chi connectivity index (χ0) is 13.0. The van der Waals surface area contributed by atoms with Gasteiger partial charge in [-0.05, 0) is 68.6 Å². The number of hydrogen-bond acceptors (Lipinski definition) is 2. The van der Waals surface area contributed by atoms with Crippen LogP contribution in [0.25, 0.3) is 0 Å². The van der Waals surface area contributed by atoms with Gasteiger partial charge in [0.25, 0.3) is 0 Å². The van der Waals surface area contributed by atoms with Crippen molar-refractivity contribution in [2.24, 2.45) is 35.3 Å². The summed E-state index contributed by atoms with van der Waals surface area (Å²) in [6.45, 7) is 3.87. The fraction of sp³-hybridized carbons (Fsp3) is 0.812. The van der Waals surface area contributed by atoms with Gasteiger partial charge in [0.05, 0.1) is 5.69 Å². The molecule has 5 rings (SSSR count). The molecule has 3 heteroatoms. The molecular formula is C16H25N3. The lowest BCUT2D eigenvalue weighted by Gasteiger charge is -2.54. The van der Waals surface area contributed by atoms with Gasteiger partial charge in [-0.2, -0.15) is 0 Å². The van der Waals surface area contributed by atoms with Crippen molar-refractivity contribution >= 4 is 0 Å². The Morgan fingerprint density at radius 2 is 1.79 bits per heavy atom. The lowest BCUT2D eigenvalue weighted by Crippen LogP contribution is -2.46. The Kier molecular flexibility index (Phi) is 2.73. The molecule has 2 N–H and O–H groups in total. The molecule has 4 aliphatic carbocycles. The van der Waals surface area contributed by atoms with Crippen molar-refractivity contribution in [3.8, 4) is 0 Å². The van der Waals surface area contributed by atoms with Crippen LogP contribution < -0.4 is 5.73 Å². The Hall–Kier alpha value is -0.830. The highest BCUT2D eigenvalue weighted by atomic mass is 15.1. The number of imidazole rings is 1. The molecule has 1 aromatic rings. The third-order valence-electron chi connectivity index (χ3n) is 6.06. The van der Waals surface area contributed by atoms with Gasteiger partial charge in [0, 0.05) is 19.3 Å². The van der Waals surface area contributed by atoms with Gasteiger partial charge in [0.2, 0.25) is 0 Å². The predicted octanol–water partition coefficient (Wildman–Crippen LogP) is 2.72. The summed E-state index contributed by atoms with van der Waals surface area (Å²) in [6.07, 6.45) is 9.76. The standard InChI is InChI=1S/C16H25N3/c1-10-18-15(7-17)8-19(10)9-16-13-3-11-2-12(5-13)6-14(16)4-11/h8,11-14,16H,2-7,9,17H2,1H3. The van der Waals surface area contributed by atoms with Gasteiger partial charge in [-0.1, -0.05) is 0 Å². The summed E-state index contributed by atoms with van der Waals surface area (Å²) in [7, 11) is 0. The Morgan fingerprint density at radius 3 is 2.32 bits per heavy atom. The molecule has 0 radical (unpaired) electrons. The van der Waals surface area contributed by atoms with E-state index in [0.717, 1.165) is 41.1 Å². The van der Waals surface area contributed by atoms with E-state index in [-0.39, 0.29) is 0 Å². The summed E-state index contributed by atoms with van der Waals surface area (Å²) in [5.74, 6) is 6.20. The number of rotatable bonds is 3. The molecule has 104 valence electrons. The van der Waals surface area contributed by atoms with Crippen LogP contribution in [0.3, 0.4) is 0 Å². The van der Waals surface area contributed by atoms with Gasteiger partial charge in [0.1, 0.15) is 5.82 Å². The maximum absolute atomic E-state index is 5.71. The molecule has 1 aromatic heterocycles. The lowest BCUT2D eigenvalue weighted by atomic mass is 9.52. The minimum Gasteiger partial charge on any atom is -0.335 e. The Balaban J connectivity index is 1.55. The van der Waals surface area contributed by atoms with E-state index in [9.17, 15) is 0 Å². The lowest BCUT2D eigenvalue weighted by molar-refractivity contribution is -0.0432. The van der Waals surface area contributed by atoms with Crippen LogP contribution in [0.15, 0.2) is 6.20 Å². The second kappa shape index (κ2) is 4.34. The molecule has 0 aromatic carbocycles. The fourth-order valence-corrected chi connectivity index (χ4v) is 5.42. The highest BCUT2D eigenvalue weighted by Crippen LogP contribution is 2.56. The average Bonchev–Trinajstić information content (AvgIpc) is 2.74. The number of aromatic nitrogens is 2. The van der Waals surface area contributed by atoms with Crippen LogP contribution in [0, 0.1) is 36.5 Å². The third-order valence-corrected chi connectivity index (χ3v) is 6.06. The molecular weight excluding hydrogens is 234 g/mol. The molecule has 4 aliphatic rings. The molecule has 3 nitrogen and oxygen atoms in total. The van der Waals surface area contributed by atoms with Crippen molar-refractivity contribution in [2.45, 2.75) is 52.1 Å². The smallest absolute Gasteiger partial charge is 0.105 e. The van der Waals surface area contributed by atoms with Crippen LogP contribution in [0.4, 0.5) is 0 Å². The van der Waals surface area contributed by atoms with Crippen LogP contribution in [0.1, 0.15) is 43.6 Å². The third kappa shape index (κ3) is 1.94. The summed E-state index contributed by atoms with van der Waals surface area (Å²) in [5, 5.41) is 0. The maximum Gasteiger partial charge on any atom is 0.105 e. The minimum atomic E-state index is 0.565. The second-order valence-corrected chi connectivity index (χ2v) is 7.23. The molecule has 4 bridgehead atoms. The van der Waals surface area contributed by atoms with Crippen molar-refractivity contribution in [2.75, 3.05) is 0 Å². The van der Waals surface area contributed by atoms with Gasteiger partial charge in [0.15, 0.2) is 0 Å². The van der Waals surface area contributed by atoms with E-state index in [2.05, 4.69) is 22.7 Å². The van der Waals surface area contributed by atoms with Crippen molar-refractivity contribution in [1.82, 2.24) is 9.55 Å². The van der Waals surface area contributed by atoms with E-state index in [1.807, 2.05) is 0 Å². The monoisotopic (exact) mass is 259 g/mol. The zero-order valence-corrected chi connectivity index (χ0v) is 11.9. The van der Waals surface area contributed by atoms with E-state index >= 15 is 0 Å². The topological polar surface area (TPSA) is 43.8 Å². The van der Waals surface area contributed by atoms with Gasteiger partial charge in [-0.3, -0.25) is 0 Å². The van der Waals surface area contributed by atoms with Crippen LogP contribution >= 0.6 is 0 Å². The average molecular weight is 259 g/mol.